The van der Waals surface area contributed by atoms with Crippen LogP contribution in [0.1, 0.15) is 36.7 Å². The van der Waals surface area contributed by atoms with E-state index in [1.54, 1.807) is 32.9 Å². The minimum absolute atomic E-state index is 0.153. The lowest BCUT2D eigenvalue weighted by Gasteiger charge is -2.25. The first-order valence-electron chi connectivity index (χ1n) is 8.88. The largest absolute Gasteiger partial charge is 0.464 e. The van der Waals surface area contributed by atoms with Gasteiger partial charge in [0.1, 0.15) is 6.07 Å². The summed E-state index contributed by atoms with van der Waals surface area (Å²) in [6.07, 6.45) is 0.505. The van der Waals surface area contributed by atoms with Crippen molar-refractivity contribution in [2.45, 2.75) is 33.1 Å². The Bertz CT molecular complexity index is 884. The van der Waals surface area contributed by atoms with Crippen molar-refractivity contribution in [2.24, 2.45) is 0 Å². The summed E-state index contributed by atoms with van der Waals surface area (Å²) >= 11 is 3.41. The van der Waals surface area contributed by atoms with Crippen molar-refractivity contribution in [3.8, 4) is 6.07 Å². The average molecular weight is 452 g/mol. The van der Waals surface area contributed by atoms with Crippen molar-refractivity contribution in [1.29, 1.82) is 5.26 Å². The molecule has 1 atom stereocenters. The third kappa shape index (κ3) is 4.70. The number of aromatic nitrogens is 1. The van der Waals surface area contributed by atoms with E-state index in [2.05, 4.69) is 32.3 Å². The van der Waals surface area contributed by atoms with Crippen LogP contribution in [-0.2, 0) is 19.0 Å². The van der Waals surface area contributed by atoms with Gasteiger partial charge in [0.2, 0.25) is 0 Å². The van der Waals surface area contributed by atoms with Crippen LogP contribution < -0.4 is 5.32 Å². The van der Waals surface area contributed by atoms with Crippen LogP contribution >= 0.6 is 15.9 Å². The molecule has 9 heteroatoms. The van der Waals surface area contributed by atoms with E-state index >= 15 is 0 Å². The number of hydrogen-bond donors (Lipinski definition) is 2. The lowest BCUT2D eigenvalue weighted by Crippen LogP contribution is -2.51. The average Bonchev–Trinajstić information content (AvgIpc) is 3.12. The Morgan fingerprint density at radius 3 is 2.46 bits per heavy atom. The molecule has 0 saturated carbocycles. The van der Waals surface area contributed by atoms with Gasteiger partial charge in [-0.05, 0) is 32.9 Å². The van der Waals surface area contributed by atoms with Gasteiger partial charge >= 0.3 is 5.97 Å². The van der Waals surface area contributed by atoms with Crippen molar-refractivity contribution in [3.63, 3.8) is 0 Å². The number of nitrogens with one attached hydrogen (secondary N) is 2. The fourth-order valence-electron chi connectivity index (χ4n) is 2.74. The van der Waals surface area contributed by atoms with E-state index in [9.17, 15) is 14.9 Å². The van der Waals surface area contributed by atoms with Crippen molar-refractivity contribution < 1.29 is 23.8 Å². The van der Waals surface area contributed by atoms with Gasteiger partial charge in [-0.3, -0.25) is 4.79 Å². The molecule has 150 valence electrons. The molecule has 0 radical (unpaired) electrons. The Labute approximate surface area is 171 Å². The number of hydrogen-bond acceptors (Lipinski definition) is 6. The van der Waals surface area contributed by atoms with E-state index in [0.29, 0.717) is 34.2 Å². The highest BCUT2D eigenvalue weighted by Crippen LogP contribution is 2.29. The molecule has 1 aromatic heterocycles. The van der Waals surface area contributed by atoms with Gasteiger partial charge in [0.05, 0.1) is 23.3 Å². The first kappa shape index (κ1) is 21.9. The lowest BCUT2D eigenvalue weighted by molar-refractivity contribution is -0.177. The maximum absolute atomic E-state index is 12.9. The summed E-state index contributed by atoms with van der Waals surface area (Å²) in [5.41, 5.74) is 1.21. The second-order valence-corrected chi connectivity index (χ2v) is 6.50. The number of ether oxygens (including phenoxy) is 3. The molecule has 1 aromatic carbocycles. The van der Waals surface area contributed by atoms with Crippen LogP contribution in [0.5, 0.6) is 0 Å². The number of carbonyl (C=O) groups is 2. The van der Waals surface area contributed by atoms with E-state index < -0.39 is 24.2 Å². The van der Waals surface area contributed by atoms with Gasteiger partial charge in [0, 0.05) is 29.3 Å². The highest BCUT2D eigenvalue weighted by atomic mass is 79.9. The first-order valence-corrected chi connectivity index (χ1v) is 9.68. The number of halogens is 1. The summed E-state index contributed by atoms with van der Waals surface area (Å²) in [7, 11) is 0. The summed E-state index contributed by atoms with van der Waals surface area (Å²) < 4.78 is 16.7. The van der Waals surface area contributed by atoms with E-state index in [-0.39, 0.29) is 12.2 Å². The maximum Gasteiger partial charge on any atom is 0.334 e. The van der Waals surface area contributed by atoms with Gasteiger partial charge < -0.3 is 24.5 Å². The molecule has 1 amide bonds. The van der Waals surface area contributed by atoms with Crippen molar-refractivity contribution in [2.75, 3.05) is 19.8 Å². The number of nitrogens with zero attached hydrogens (tertiary/aromatic N) is 1. The highest BCUT2D eigenvalue weighted by molar-refractivity contribution is 9.10. The second-order valence-electron chi connectivity index (χ2n) is 5.64. The Balaban J connectivity index is 2.39. The minimum atomic E-state index is -1.14. The summed E-state index contributed by atoms with van der Waals surface area (Å²) in [6, 6.07) is 4.27. The zero-order valence-corrected chi connectivity index (χ0v) is 17.5. The van der Waals surface area contributed by atoms with Crippen LogP contribution in [0.25, 0.3) is 10.9 Å². The fraction of sp³-hybridized carbons (Fsp3) is 0.421. The van der Waals surface area contributed by atoms with Crippen molar-refractivity contribution in [3.05, 3.63) is 33.9 Å². The molecule has 0 aliphatic heterocycles. The summed E-state index contributed by atoms with van der Waals surface area (Å²) in [6.45, 7) is 5.93. The van der Waals surface area contributed by atoms with Crippen LogP contribution in [0.15, 0.2) is 22.8 Å². The molecule has 0 saturated heterocycles. The zero-order chi connectivity index (χ0) is 20.7. The van der Waals surface area contributed by atoms with Gasteiger partial charge in [0.15, 0.2) is 12.3 Å². The predicted octanol–water partition coefficient (Wildman–Crippen LogP) is 2.86. The smallest absolute Gasteiger partial charge is 0.334 e. The van der Waals surface area contributed by atoms with Crippen LogP contribution in [0.2, 0.25) is 0 Å². The fourth-order valence-corrected chi connectivity index (χ4v) is 3.28. The van der Waals surface area contributed by atoms with E-state index in [1.165, 1.54) is 6.20 Å². The number of rotatable bonds is 9. The molecule has 1 unspecified atom stereocenters. The Morgan fingerprint density at radius 1 is 1.21 bits per heavy atom. The topological polar surface area (TPSA) is 113 Å². The standard InChI is InChI=1S/C19H22BrN3O5/c1-4-26-18(25)16(19(27-5-2)28-6-3)23-17(24)12-10-22-15-11(9-21)7-8-13(20)14(12)15/h7-8,10,16,19,22H,4-6H2,1-3H3,(H,23,24). The zero-order valence-electron chi connectivity index (χ0n) is 15.9. The van der Waals surface area contributed by atoms with E-state index in [0.717, 1.165) is 0 Å². The number of aromatic amines is 1. The van der Waals surface area contributed by atoms with Gasteiger partial charge in [-0.15, -0.1) is 0 Å². The number of H-pyrrole nitrogens is 1. The monoisotopic (exact) mass is 451 g/mol. The summed E-state index contributed by atoms with van der Waals surface area (Å²) in [5, 5.41) is 12.5. The molecule has 1 heterocycles. The van der Waals surface area contributed by atoms with E-state index in [4.69, 9.17) is 14.2 Å². The predicted molar refractivity (Wildman–Crippen MR) is 106 cm³/mol. The van der Waals surface area contributed by atoms with Crippen LogP contribution in [0.4, 0.5) is 0 Å². The number of benzene rings is 1. The molecular formula is C19H22BrN3O5. The number of carbonyl (C=O) groups excluding carboxylic acids is 2. The Hall–Kier alpha value is -2.41. The molecule has 0 fully saturated rings. The molecular weight excluding hydrogens is 430 g/mol. The molecule has 28 heavy (non-hydrogen) atoms. The molecule has 2 aromatic rings. The van der Waals surface area contributed by atoms with E-state index in [1.807, 2.05) is 0 Å². The molecule has 0 bridgehead atoms. The van der Waals surface area contributed by atoms with Crippen LogP contribution in [0, 0.1) is 11.3 Å². The number of nitriles is 1. The minimum Gasteiger partial charge on any atom is -0.464 e. The first-order chi connectivity index (χ1) is 13.5. The third-order valence-electron chi connectivity index (χ3n) is 3.91. The second kappa shape index (κ2) is 10.2. The number of amides is 1. The van der Waals surface area contributed by atoms with Gasteiger partial charge in [-0.1, -0.05) is 15.9 Å². The maximum atomic E-state index is 12.9. The van der Waals surface area contributed by atoms with Gasteiger partial charge in [-0.2, -0.15) is 5.26 Å². The Kier molecular flexibility index (Phi) is 7.99. The SMILES string of the molecule is CCOC(=O)C(NC(=O)c1c[nH]c2c(C#N)ccc(Br)c12)C(OCC)OCC. The molecule has 2 N–H and O–H groups in total. The molecule has 0 spiro atoms. The van der Waals surface area contributed by atoms with Gasteiger partial charge in [-0.25, -0.2) is 4.79 Å². The quantitative estimate of drug-likeness (QED) is 0.447. The highest BCUT2D eigenvalue weighted by Gasteiger charge is 2.33. The van der Waals surface area contributed by atoms with Crippen LogP contribution in [0.3, 0.4) is 0 Å². The molecule has 0 aliphatic carbocycles. The molecule has 2 rings (SSSR count). The van der Waals surface area contributed by atoms with Gasteiger partial charge in [0.25, 0.3) is 5.91 Å². The number of fused-ring (bicyclic) bond motifs is 1. The third-order valence-corrected chi connectivity index (χ3v) is 4.57. The summed E-state index contributed by atoms with van der Waals surface area (Å²) in [5.74, 6) is -1.18. The summed E-state index contributed by atoms with van der Waals surface area (Å²) in [4.78, 5) is 28.3. The normalized spacial score (nSPS) is 12.0. The molecule has 0 aliphatic rings. The molecule has 8 nitrogen and oxygen atoms in total. The van der Waals surface area contributed by atoms with Crippen LogP contribution in [-0.4, -0.2) is 49.0 Å². The lowest BCUT2D eigenvalue weighted by atomic mass is 10.1. The number of esters is 1. The van der Waals surface area contributed by atoms with Crippen molar-refractivity contribution in [1.82, 2.24) is 10.3 Å². The Morgan fingerprint density at radius 2 is 1.89 bits per heavy atom. The van der Waals surface area contributed by atoms with Crippen molar-refractivity contribution >= 4 is 38.7 Å².